The third kappa shape index (κ3) is 4.75. The van der Waals surface area contributed by atoms with Gasteiger partial charge >= 0.3 is 0 Å². The van der Waals surface area contributed by atoms with Crippen LogP contribution in [0.15, 0.2) is 24.3 Å². The first-order valence-corrected chi connectivity index (χ1v) is 8.91. The molecule has 1 saturated heterocycles. The van der Waals surface area contributed by atoms with Gasteiger partial charge in [-0.1, -0.05) is 6.07 Å². The zero-order chi connectivity index (χ0) is 15.7. The lowest BCUT2D eigenvalue weighted by Gasteiger charge is -2.10. The first kappa shape index (κ1) is 21.0. The molecule has 2 aromatic rings. The Morgan fingerprint density at radius 1 is 1.17 bits per heavy atom. The van der Waals surface area contributed by atoms with Gasteiger partial charge in [0.05, 0.1) is 17.2 Å². The van der Waals surface area contributed by atoms with Crippen molar-refractivity contribution >= 4 is 45.6 Å². The van der Waals surface area contributed by atoms with Crippen LogP contribution in [0.5, 0.6) is 0 Å². The molecule has 0 aliphatic carbocycles. The number of sulfone groups is 1. The van der Waals surface area contributed by atoms with E-state index in [0.29, 0.717) is 30.6 Å². The number of aromatic nitrogens is 1. The minimum absolute atomic E-state index is 0. The van der Waals surface area contributed by atoms with Crippen LogP contribution >= 0.6 is 24.8 Å². The van der Waals surface area contributed by atoms with Crippen LogP contribution in [0.3, 0.4) is 0 Å². The molecule has 0 spiro atoms. The van der Waals surface area contributed by atoms with Gasteiger partial charge in [0.15, 0.2) is 21.5 Å². The van der Waals surface area contributed by atoms with E-state index in [0.717, 1.165) is 6.07 Å². The molecule has 3 rings (SSSR count). The van der Waals surface area contributed by atoms with Crippen LogP contribution in [0.2, 0.25) is 0 Å². The third-order valence-electron chi connectivity index (χ3n) is 3.88. The number of pyridine rings is 1. The van der Waals surface area contributed by atoms with Crippen molar-refractivity contribution in [3.8, 4) is 0 Å². The fourth-order valence-electron chi connectivity index (χ4n) is 2.71. The molecule has 1 aliphatic heterocycles. The number of hydrogen-bond acceptors (Lipinski definition) is 4. The minimum atomic E-state index is -2.88. The summed E-state index contributed by atoms with van der Waals surface area (Å²) in [5.74, 6) is -1.29. The molecule has 0 amide bonds. The topological polar surface area (TPSA) is 59.1 Å². The van der Waals surface area contributed by atoms with Crippen molar-refractivity contribution in [2.24, 2.45) is 5.92 Å². The van der Waals surface area contributed by atoms with Crippen molar-refractivity contribution in [1.29, 1.82) is 0 Å². The molecule has 4 nitrogen and oxygen atoms in total. The van der Waals surface area contributed by atoms with E-state index in [1.807, 2.05) is 0 Å². The van der Waals surface area contributed by atoms with Crippen LogP contribution in [-0.2, 0) is 16.4 Å². The molecular formula is C15H18Cl2F2N2O2S. The maximum Gasteiger partial charge on any atom is 0.184 e. The summed E-state index contributed by atoms with van der Waals surface area (Å²) in [6, 6.07) is 6.01. The van der Waals surface area contributed by atoms with Gasteiger partial charge in [-0.15, -0.1) is 24.8 Å². The van der Waals surface area contributed by atoms with Crippen LogP contribution in [0.25, 0.3) is 10.9 Å². The van der Waals surface area contributed by atoms with Gasteiger partial charge in [0, 0.05) is 11.9 Å². The normalized spacial score (nSPS) is 18.8. The van der Waals surface area contributed by atoms with E-state index in [2.05, 4.69) is 10.3 Å². The summed E-state index contributed by atoms with van der Waals surface area (Å²) in [5.41, 5.74) is 0.612. The smallest absolute Gasteiger partial charge is 0.184 e. The van der Waals surface area contributed by atoms with Crippen molar-refractivity contribution in [1.82, 2.24) is 10.3 Å². The van der Waals surface area contributed by atoms with Crippen LogP contribution in [0.4, 0.5) is 8.78 Å². The van der Waals surface area contributed by atoms with Crippen LogP contribution < -0.4 is 5.32 Å². The Hall–Kier alpha value is -1.02. The Balaban J connectivity index is 0.00000144. The Kier molecular flexibility index (Phi) is 7.34. The van der Waals surface area contributed by atoms with Gasteiger partial charge in [-0.3, -0.25) is 0 Å². The highest BCUT2D eigenvalue weighted by molar-refractivity contribution is 7.91. The number of benzene rings is 1. The lowest BCUT2D eigenvalue weighted by Crippen LogP contribution is -2.23. The number of hydrogen-bond donors (Lipinski definition) is 1. The van der Waals surface area contributed by atoms with Crippen LogP contribution in [0, 0.1) is 17.6 Å². The lowest BCUT2D eigenvalue weighted by molar-refractivity contribution is 0.512. The Morgan fingerprint density at radius 3 is 2.54 bits per heavy atom. The number of nitrogens with one attached hydrogen (secondary N) is 1. The van der Waals surface area contributed by atoms with Gasteiger partial charge < -0.3 is 5.32 Å². The summed E-state index contributed by atoms with van der Waals surface area (Å²) in [6.45, 7) is 0.965. The molecule has 1 aromatic carbocycles. The Bertz CT molecular complexity index is 818. The SMILES string of the molecule is Cl.Cl.O=S1(=O)CCC(CNCc2ccc3ccc(F)c(F)c3n2)C1. The Labute approximate surface area is 151 Å². The summed E-state index contributed by atoms with van der Waals surface area (Å²) in [7, 11) is -2.88. The molecule has 1 fully saturated rings. The fourth-order valence-corrected chi connectivity index (χ4v) is 4.57. The number of nitrogens with zero attached hydrogens (tertiary/aromatic N) is 1. The zero-order valence-electron chi connectivity index (χ0n) is 12.7. The summed E-state index contributed by atoms with van der Waals surface area (Å²) < 4.78 is 49.7. The predicted molar refractivity (Wildman–Crippen MR) is 94.6 cm³/mol. The fraction of sp³-hybridized carbons (Fsp3) is 0.400. The first-order valence-electron chi connectivity index (χ1n) is 7.09. The second-order valence-corrected chi connectivity index (χ2v) is 7.86. The van der Waals surface area contributed by atoms with Crippen molar-refractivity contribution in [3.63, 3.8) is 0 Å². The Morgan fingerprint density at radius 2 is 1.88 bits per heavy atom. The average Bonchev–Trinajstić information content (AvgIpc) is 2.83. The summed E-state index contributed by atoms with van der Waals surface area (Å²) in [4.78, 5) is 4.13. The second kappa shape index (κ2) is 8.38. The van der Waals surface area contributed by atoms with E-state index in [1.165, 1.54) is 6.07 Å². The highest BCUT2D eigenvalue weighted by atomic mass is 35.5. The maximum absolute atomic E-state index is 13.7. The first-order chi connectivity index (χ1) is 10.4. The van der Waals surface area contributed by atoms with Crippen molar-refractivity contribution in [2.75, 3.05) is 18.1 Å². The van der Waals surface area contributed by atoms with E-state index < -0.39 is 21.5 Å². The van der Waals surface area contributed by atoms with Crippen molar-refractivity contribution in [3.05, 3.63) is 41.6 Å². The van der Waals surface area contributed by atoms with Gasteiger partial charge in [0.25, 0.3) is 0 Å². The van der Waals surface area contributed by atoms with Gasteiger partial charge in [-0.05, 0) is 37.1 Å². The highest BCUT2D eigenvalue weighted by Crippen LogP contribution is 2.19. The third-order valence-corrected chi connectivity index (χ3v) is 5.71. The molecule has 1 atom stereocenters. The van der Waals surface area contributed by atoms with Crippen molar-refractivity contribution in [2.45, 2.75) is 13.0 Å². The van der Waals surface area contributed by atoms with Gasteiger partial charge in [-0.25, -0.2) is 22.2 Å². The van der Waals surface area contributed by atoms with Crippen LogP contribution in [-0.4, -0.2) is 31.5 Å². The number of rotatable bonds is 4. The van der Waals surface area contributed by atoms with Gasteiger partial charge in [0.2, 0.25) is 0 Å². The molecule has 1 N–H and O–H groups in total. The van der Waals surface area contributed by atoms with Gasteiger partial charge in [-0.2, -0.15) is 0 Å². The monoisotopic (exact) mass is 398 g/mol. The molecule has 1 aliphatic rings. The maximum atomic E-state index is 13.7. The molecule has 0 saturated carbocycles. The molecule has 1 unspecified atom stereocenters. The van der Waals surface area contributed by atoms with E-state index in [-0.39, 0.29) is 47.8 Å². The van der Waals surface area contributed by atoms with Crippen molar-refractivity contribution < 1.29 is 17.2 Å². The number of halogens is 4. The minimum Gasteiger partial charge on any atom is -0.311 e. The van der Waals surface area contributed by atoms with E-state index in [9.17, 15) is 17.2 Å². The lowest BCUT2D eigenvalue weighted by atomic mass is 10.1. The zero-order valence-corrected chi connectivity index (χ0v) is 15.1. The quantitative estimate of drug-likeness (QED) is 0.859. The molecule has 2 heterocycles. The summed E-state index contributed by atoms with van der Waals surface area (Å²) in [5, 5.41) is 3.68. The molecule has 0 bridgehead atoms. The molecule has 134 valence electrons. The van der Waals surface area contributed by atoms with E-state index >= 15 is 0 Å². The summed E-state index contributed by atoms with van der Waals surface area (Å²) >= 11 is 0. The standard InChI is InChI=1S/C15H16F2N2O2S.2ClH/c16-13-4-2-11-1-3-12(19-15(11)14(13)17)8-18-7-10-5-6-22(20,21)9-10;;/h1-4,10,18H,5-9H2;2*1H. The molecule has 0 radical (unpaired) electrons. The average molecular weight is 399 g/mol. The molecule has 1 aromatic heterocycles. The van der Waals surface area contributed by atoms with Gasteiger partial charge in [0.1, 0.15) is 5.52 Å². The van der Waals surface area contributed by atoms with E-state index in [1.54, 1.807) is 12.1 Å². The van der Waals surface area contributed by atoms with E-state index in [4.69, 9.17) is 0 Å². The van der Waals surface area contributed by atoms with Crippen LogP contribution in [0.1, 0.15) is 12.1 Å². The second-order valence-electron chi connectivity index (χ2n) is 5.64. The summed E-state index contributed by atoms with van der Waals surface area (Å²) in [6.07, 6.45) is 0.667. The molecule has 9 heteroatoms. The molecular weight excluding hydrogens is 381 g/mol. The number of fused-ring (bicyclic) bond motifs is 1. The highest BCUT2D eigenvalue weighted by Gasteiger charge is 2.27. The molecule has 24 heavy (non-hydrogen) atoms. The predicted octanol–water partition coefficient (Wildman–Crippen LogP) is 2.88. The largest absolute Gasteiger partial charge is 0.311 e.